The van der Waals surface area contributed by atoms with Crippen molar-refractivity contribution in [3.63, 3.8) is 0 Å². The van der Waals surface area contributed by atoms with Gasteiger partial charge >= 0.3 is 0 Å². The average molecular weight is 315 g/mol. The number of nitrogens with one attached hydrogen (secondary N) is 1. The molecule has 3 rings (SSSR count). The Morgan fingerprint density at radius 3 is 2.59 bits per heavy atom. The van der Waals surface area contributed by atoms with Crippen LogP contribution in [0.4, 0.5) is 0 Å². The van der Waals surface area contributed by atoms with Gasteiger partial charge in [-0.25, -0.2) is 4.98 Å². The van der Waals surface area contributed by atoms with Gasteiger partial charge in [0.05, 0.1) is 19.0 Å². The quantitative estimate of drug-likeness (QED) is 0.769. The van der Waals surface area contributed by atoms with Crippen molar-refractivity contribution in [2.24, 2.45) is 0 Å². The Kier molecular flexibility index (Phi) is 4.13. The topological polar surface area (TPSA) is 58.1 Å². The summed E-state index contributed by atoms with van der Waals surface area (Å²) in [6, 6.07) is 14.7. The zero-order chi connectivity index (χ0) is 15.5. The van der Waals surface area contributed by atoms with E-state index in [2.05, 4.69) is 9.97 Å². The second-order valence-corrected chi connectivity index (χ2v) is 5.27. The molecule has 112 valence electrons. The van der Waals surface area contributed by atoms with Gasteiger partial charge in [-0.15, -0.1) is 0 Å². The number of rotatable bonds is 4. The summed E-state index contributed by atoms with van der Waals surface area (Å²) in [6.45, 7) is 0. The average Bonchev–Trinajstić information content (AvgIpc) is 3.04. The van der Waals surface area contributed by atoms with Crippen molar-refractivity contribution in [3.8, 4) is 17.0 Å². The molecule has 2 N–H and O–H groups in total. The Labute approximate surface area is 133 Å². The molecule has 1 heterocycles. The molecule has 0 radical (unpaired) electrons. The number of imidazole rings is 1. The Morgan fingerprint density at radius 2 is 1.86 bits per heavy atom. The summed E-state index contributed by atoms with van der Waals surface area (Å²) in [5.41, 5.74) is 2.41. The number of benzene rings is 2. The molecular weight excluding hydrogens is 300 g/mol. The van der Waals surface area contributed by atoms with Crippen LogP contribution in [0.5, 0.6) is 5.75 Å². The van der Waals surface area contributed by atoms with Crippen molar-refractivity contribution in [1.29, 1.82) is 0 Å². The standard InChI is InChI=1S/C17H15ClN2O2/c1-22-15-5-3-2-4-13(15)14-10-19-17(20-14)16(21)11-6-8-12(18)9-7-11/h2-10,16,21H,1H3,(H,19,20). The highest BCUT2D eigenvalue weighted by Crippen LogP contribution is 2.30. The predicted molar refractivity (Wildman–Crippen MR) is 86.1 cm³/mol. The van der Waals surface area contributed by atoms with Crippen LogP contribution < -0.4 is 4.74 Å². The van der Waals surface area contributed by atoms with Gasteiger partial charge in [0.25, 0.3) is 0 Å². The first-order valence-electron chi connectivity index (χ1n) is 6.81. The summed E-state index contributed by atoms with van der Waals surface area (Å²) < 4.78 is 5.34. The van der Waals surface area contributed by atoms with Crippen LogP contribution in [-0.4, -0.2) is 22.2 Å². The summed E-state index contributed by atoms with van der Waals surface area (Å²) >= 11 is 5.86. The number of hydrogen-bond donors (Lipinski definition) is 2. The van der Waals surface area contributed by atoms with Crippen molar-refractivity contribution in [1.82, 2.24) is 9.97 Å². The third-order valence-corrected chi connectivity index (χ3v) is 3.69. The Hall–Kier alpha value is -2.30. The second kappa shape index (κ2) is 6.22. The van der Waals surface area contributed by atoms with Crippen molar-refractivity contribution >= 4 is 11.6 Å². The fourth-order valence-electron chi connectivity index (χ4n) is 2.28. The molecule has 1 atom stereocenters. The molecular formula is C17H15ClN2O2. The van der Waals surface area contributed by atoms with Crippen molar-refractivity contribution in [2.45, 2.75) is 6.10 Å². The van der Waals surface area contributed by atoms with E-state index in [0.717, 1.165) is 22.6 Å². The highest BCUT2D eigenvalue weighted by atomic mass is 35.5. The minimum absolute atomic E-state index is 0.475. The van der Waals surface area contributed by atoms with Crippen molar-refractivity contribution < 1.29 is 9.84 Å². The van der Waals surface area contributed by atoms with Gasteiger partial charge in [-0.1, -0.05) is 35.9 Å². The minimum Gasteiger partial charge on any atom is -0.496 e. The first-order valence-corrected chi connectivity index (χ1v) is 7.18. The van der Waals surface area contributed by atoms with E-state index in [-0.39, 0.29) is 0 Å². The maximum Gasteiger partial charge on any atom is 0.140 e. The Morgan fingerprint density at radius 1 is 1.14 bits per heavy atom. The molecule has 0 saturated heterocycles. The summed E-state index contributed by atoms with van der Waals surface area (Å²) in [4.78, 5) is 7.42. The van der Waals surface area contributed by atoms with E-state index in [1.54, 1.807) is 37.6 Å². The third-order valence-electron chi connectivity index (χ3n) is 3.44. The fraction of sp³-hybridized carbons (Fsp3) is 0.118. The first-order chi connectivity index (χ1) is 10.7. The number of H-pyrrole nitrogens is 1. The van der Waals surface area contributed by atoms with Gasteiger partial charge in [0.2, 0.25) is 0 Å². The molecule has 5 heteroatoms. The highest BCUT2D eigenvalue weighted by Gasteiger charge is 2.16. The van der Waals surface area contributed by atoms with Gasteiger partial charge in [0, 0.05) is 10.6 Å². The number of methoxy groups -OCH3 is 1. The van der Waals surface area contributed by atoms with Gasteiger partial charge in [-0.3, -0.25) is 0 Å². The van der Waals surface area contributed by atoms with E-state index in [0.29, 0.717) is 10.8 Å². The molecule has 0 saturated carbocycles. The molecule has 4 nitrogen and oxygen atoms in total. The molecule has 0 bridgehead atoms. The van der Waals surface area contributed by atoms with Gasteiger partial charge in [0.1, 0.15) is 17.7 Å². The zero-order valence-corrected chi connectivity index (χ0v) is 12.7. The second-order valence-electron chi connectivity index (χ2n) is 4.84. The molecule has 0 amide bonds. The predicted octanol–water partition coefficient (Wildman–Crippen LogP) is 3.82. The largest absolute Gasteiger partial charge is 0.496 e. The van der Waals surface area contributed by atoms with E-state index in [9.17, 15) is 5.11 Å². The maximum atomic E-state index is 10.4. The first kappa shape index (κ1) is 14.6. The molecule has 1 unspecified atom stereocenters. The summed E-state index contributed by atoms with van der Waals surface area (Å²) in [5.74, 6) is 1.22. The van der Waals surface area contributed by atoms with Gasteiger partial charge in [-0.2, -0.15) is 0 Å². The highest BCUT2D eigenvalue weighted by molar-refractivity contribution is 6.30. The minimum atomic E-state index is -0.833. The fourth-order valence-corrected chi connectivity index (χ4v) is 2.41. The molecule has 0 fully saturated rings. The van der Waals surface area contributed by atoms with Gasteiger partial charge in [0.15, 0.2) is 0 Å². The Balaban J connectivity index is 1.92. The number of para-hydroxylation sites is 1. The molecule has 0 aliphatic carbocycles. The number of aliphatic hydroxyl groups excluding tert-OH is 1. The normalized spacial score (nSPS) is 12.1. The van der Waals surface area contributed by atoms with Crippen LogP contribution in [0.15, 0.2) is 54.7 Å². The lowest BCUT2D eigenvalue weighted by atomic mass is 10.1. The lowest BCUT2D eigenvalue weighted by Gasteiger charge is -2.09. The molecule has 3 aromatic rings. The van der Waals surface area contributed by atoms with Crippen LogP contribution in [0.2, 0.25) is 5.02 Å². The number of aliphatic hydroxyl groups is 1. The lowest BCUT2D eigenvalue weighted by Crippen LogP contribution is -2.01. The van der Waals surface area contributed by atoms with E-state index in [1.807, 2.05) is 24.3 Å². The lowest BCUT2D eigenvalue weighted by molar-refractivity contribution is 0.211. The number of aromatic amines is 1. The van der Waals surface area contributed by atoms with Crippen molar-refractivity contribution in [2.75, 3.05) is 7.11 Å². The number of halogens is 1. The summed E-state index contributed by atoms with van der Waals surface area (Å²) in [5, 5.41) is 11.0. The zero-order valence-electron chi connectivity index (χ0n) is 12.0. The van der Waals surface area contributed by atoms with Crippen LogP contribution in [0, 0.1) is 0 Å². The van der Waals surface area contributed by atoms with E-state index in [1.165, 1.54) is 0 Å². The van der Waals surface area contributed by atoms with Crippen LogP contribution in [0.25, 0.3) is 11.3 Å². The van der Waals surface area contributed by atoms with Crippen LogP contribution in [0.1, 0.15) is 17.5 Å². The SMILES string of the molecule is COc1ccccc1-c1cnc(C(O)c2ccc(Cl)cc2)[nH]1. The number of nitrogens with zero attached hydrogens (tertiary/aromatic N) is 1. The molecule has 0 aliphatic heterocycles. The van der Waals surface area contributed by atoms with E-state index >= 15 is 0 Å². The van der Waals surface area contributed by atoms with Crippen LogP contribution in [0.3, 0.4) is 0 Å². The third kappa shape index (κ3) is 2.84. The van der Waals surface area contributed by atoms with Crippen LogP contribution >= 0.6 is 11.6 Å². The smallest absolute Gasteiger partial charge is 0.140 e. The van der Waals surface area contributed by atoms with Gasteiger partial charge in [-0.05, 0) is 29.8 Å². The molecule has 1 aromatic heterocycles. The summed E-state index contributed by atoms with van der Waals surface area (Å²) in [6.07, 6.45) is 0.854. The van der Waals surface area contributed by atoms with Crippen LogP contribution in [-0.2, 0) is 0 Å². The monoisotopic (exact) mass is 314 g/mol. The molecule has 22 heavy (non-hydrogen) atoms. The molecule has 0 spiro atoms. The maximum absolute atomic E-state index is 10.4. The number of aromatic nitrogens is 2. The van der Waals surface area contributed by atoms with E-state index in [4.69, 9.17) is 16.3 Å². The van der Waals surface area contributed by atoms with E-state index < -0.39 is 6.10 Å². The number of hydrogen-bond acceptors (Lipinski definition) is 3. The molecule has 2 aromatic carbocycles. The van der Waals surface area contributed by atoms with Gasteiger partial charge < -0.3 is 14.8 Å². The molecule has 0 aliphatic rings. The Bertz CT molecular complexity index is 768. The summed E-state index contributed by atoms with van der Waals surface area (Å²) in [7, 11) is 1.62. The van der Waals surface area contributed by atoms with Crippen molar-refractivity contribution in [3.05, 3.63) is 71.1 Å². The number of ether oxygens (including phenoxy) is 1.